The Labute approximate surface area is 149 Å². The second-order valence-electron chi connectivity index (χ2n) is 6.36. The van der Waals surface area contributed by atoms with Crippen molar-refractivity contribution in [2.75, 3.05) is 19.8 Å². The number of hydrogen-bond acceptors (Lipinski definition) is 3. The van der Waals surface area contributed by atoms with E-state index in [1.165, 1.54) is 5.56 Å². The SMILES string of the molecule is CCc1ccccc1COc1ccccc1C(=O)NCCC1COC1. The van der Waals surface area contributed by atoms with E-state index in [1.807, 2.05) is 36.4 Å². The molecule has 132 valence electrons. The van der Waals surface area contributed by atoms with Gasteiger partial charge in [0, 0.05) is 12.5 Å². The summed E-state index contributed by atoms with van der Waals surface area (Å²) in [6.45, 7) is 4.89. The number of ether oxygens (including phenoxy) is 2. The molecule has 0 aliphatic carbocycles. The van der Waals surface area contributed by atoms with E-state index in [9.17, 15) is 4.79 Å². The van der Waals surface area contributed by atoms with Gasteiger partial charge >= 0.3 is 0 Å². The van der Waals surface area contributed by atoms with Crippen LogP contribution >= 0.6 is 0 Å². The summed E-state index contributed by atoms with van der Waals surface area (Å²) in [5.41, 5.74) is 3.01. The maximum atomic E-state index is 12.5. The van der Waals surface area contributed by atoms with Crippen molar-refractivity contribution >= 4 is 5.91 Å². The Kier molecular flexibility index (Phi) is 6.07. The van der Waals surface area contributed by atoms with Gasteiger partial charge in [0.15, 0.2) is 0 Å². The molecule has 0 atom stereocenters. The number of benzene rings is 2. The number of carbonyl (C=O) groups excluding carboxylic acids is 1. The fourth-order valence-corrected chi connectivity index (χ4v) is 2.92. The summed E-state index contributed by atoms with van der Waals surface area (Å²) < 4.78 is 11.1. The molecule has 0 radical (unpaired) electrons. The number of carbonyl (C=O) groups is 1. The number of aryl methyl sites for hydroxylation is 1. The number of rotatable bonds is 8. The molecule has 0 aromatic heterocycles. The molecule has 3 rings (SSSR count). The third kappa shape index (κ3) is 4.60. The summed E-state index contributed by atoms with van der Waals surface area (Å²) >= 11 is 0. The zero-order valence-corrected chi connectivity index (χ0v) is 14.7. The molecule has 1 aliphatic heterocycles. The van der Waals surface area contributed by atoms with Crippen molar-refractivity contribution in [2.45, 2.75) is 26.4 Å². The summed E-state index contributed by atoms with van der Waals surface area (Å²) in [6, 6.07) is 15.7. The molecule has 1 N–H and O–H groups in total. The molecular formula is C21H25NO3. The average molecular weight is 339 g/mol. The van der Waals surface area contributed by atoms with Crippen LogP contribution in [0.25, 0.3) is 0 Å². The molecule has 0 unspecified atom stereocenters. The van der Waals surface area contributed by atoms with Crippen molar-refractivity contribution in [3.05, 3.63) is 65.2 Å². The predicted octanol–water partition coefficient (Wildman–Crippen LogP) is 3.59. The highest BCUT2D eigenvalue weighted by atomic mass is 16.5. The molecule has 0 bridgehead atoms. The van der Waals surface area contributed by atoms with E-state index >= 15 is 0 Å². The van der Waals surface area contributed by atoms with E-state index in [-0.39, 0.29) is 5.91 Å². The lowest BCUT2D eigenvalue weighted by atomic mass is 10.0. The summed E-state index contributed by atoms with van der Waals surface area (Å²) in [7, 11) is 0. The van der Waals surface area contributed by atoms with E-state index < -0.39 is 0 Å². The van der Waals surface area contributed by atoms with Gasteiger partial charge in [0.2, 0.25) is 0 Å². The number of para-hydroxylation sites is 1. The van der Waals surface area contributed by atoms with E-state index in [0.29, 0.717) is 30.4 Å². The van der Waals surface area contributed by atoms with Gasteiger partial charge in [0.25, 0.3) is 5.91 Å². The van der Waals surface area contributed by atoms with Crippen molar-refractivity contribution in [3.63, 3.8) is 0 Å². The standard InChI is InChI=1S/C21H25NO3/c1-2-17-7-3-4-8-18(17)15-25-20-10-6-5-9-19(20)21(23)22-12-11-16-13-24-14-16/h3-10,16H,2,11-15H2,1H3,(H,22,23). The van der Waals surface area contributed by atoms with Gasteiger partial charge in [0.1, 0.15) is 12.4 Å². The van der Waals surface area contributed by atoms with Crippen molar-refractivity contribution in [2.24, 2.45) is 5.92 Å². The zero-order valence-electron chi connectivity index (χ0n) is 14.7. The summed E-state index contributed by atoms with van der Waals surface area (Å²) in [4.78, 5) is 12.5. The normalized spacial score (nSPS) is 14.0. The molecule has 1 amide bonds. The van der Waals surface area contributed by atoms with E-state index in [0.717, 1.165) is 31.6 Å². The highest BCUT2D eigenvalue weighted by molar-refractivity contribution is 5.96. The Hall–Kier alpha value is -2.33. The molecule has 4 heteroatoms. The minimum Gasteiger partial charge on any atom is -0.488 e. The van der Waals surface area contributed by atoms with Crippen LogP contribution in [0, 0.1) is 5.92 Å². The topological polar surface area (TPSA) is 47.6 Å². The minimum atomic E-state index is -0.0837. The lowest BCUT2D eigenvalue weighted by Crippen LogP contribution is -2.33. The quantitative estimate of drug-likeness (QED) is 0.799. The molecule has 4 nitrogen and oxygen atoms in total. The van der Waals surface area contributed by atoms with Gasteiger partial charge in [-0.25, -0.2) is 0 Å². The summed E-state index contributed by atoms with van der Waals surface area (Å²) in [5.74, 6) is 1.12. The second-order valence-corrected chi connectivity index (χ2v) is 6.36. The van der Waals surface area contributed by atoms with Gasteiger partial charge in [0.05, 0.1) is 18.8 Å². The van der Waals surface area contributed by atoms with E-state index in [2.05, 4.69) is 24.4 Å². The molecule has 1 fully saturated rings. The largest absolute Gasteiger partial charge is 0.488 e. The van der Waals surface area contributed by atoms with Crippen molar-refractivity contribution in [1.29, 1.82) is 0 Å². The van der Waals surface area contributed by atoms with Crippen LogP contribution in [0.3, 0.4) is 0 Å². The van der Waals surface area contributed by atoms with Gasteiger partial charge in [-0.2, -0.15) is 0 Å². The molecule has 1 aliphatic rings. The highest BCUT2D eigenvalue weighted by Crippen LogP contribution is 2.21. The van der Waals surface area contributed by atoms with Gasteiger partial charge in [-0.1, -0.05) is 43.3 Å². The number of amides is 1. The Morgan fingerprint density at radius 3 is 2.56 bits per heavy atom. The third-order valence-electron chi connectivity index (χ3n) is 4.56. The lowest BCUT2D eigenvalue weighted by Gasteiger charge is -2.25. The van der Waals surface area contributed by atoms with Gasteiger partial charge in [-0.05, 0) is 36.1 Å². The lowest BCUT2D eigenvalue weighted by molar-refractivity contribution is -0.0349. The molecule has 0 saturated carbocycles. The second kappa shape index (κ2) is 8.67. The maximum Gasteiger partial charge on any atom is 0.255 e. The summed E-state index contributed by atoms with van der Waals surface area (Å²) in [5, 5.41) is 2.98. The monoisotopic (exact) mass is 339 g/mol. The first kappa shape index (κ1) is 17.5. The zero-order chi connectivity index (χ0) is 17.5. The first-order valence-corrected chi connectivity index (χ1v) is 8.92. The van der Waals surface area contributed by atoms with Gasteiger partial charge in [-0.3, -0.25) is 4.79 Å². The molecule has 2 aromatic carbocycles. The van der Waals surface area contributed by atoms with Crippen LogP contribution in [0.15, 0.2) is 48.5 Å². The fraction of sp³-hybridized carbons (Fsp3) is 0.381. The third-order valence-corrected chi connectivity index (χ3v) is 4.56. The van der Waals surface area contributed by atoms with Crippen molar-refractivity contribution in [3.8, 4) is 5.75 Å². The fourth-order valence-electron chi connectivity index (χ4n) is 2.92. The first-order chi connectivity index (χ1) is 12.3. The van der Waals surface area contributed by atoms with Crippen LogP contribution in [0.5, 0.6) is 5.75 Å². The highest BCUT2D eigenvalue weighted by Gasteiger charge is 2.18. The molecule has 1 saturated heterocycles. The van der Waals surface area contributed by atoms with Crippen molar-refractivity contribution in [1.82, 2.24) is 5.32 Å². The molecular weight excluding hydrogens is 314 g/mol. The van der Waals surface area contributed by atoms with Gasteiger partial charge in [-0.15, -0.1) is 0 Å². The Bertz CT molecular complexity index is 710. The Morgan fingerprint density at radius 1 is 1.12 bits per heavy atom. The minimum absolute atomic E-state index is 0.0837. The van der Waals surface area contributed by atoms with E-state index in [1.54, 1.807) is 0 Å². The smallest absolute Gasteiger partial charge is 0.255 e. The van der Waals surface area contributed by atoms with E-state index in [4.69, 9.17) is 9.47 Å². The first-order valence-electron chi connectivity index (χ1n) is 8.92. The molecule has 0 spiro atoms. The maximum absolute atomic E-state index is 12.5. The van der Waals surface area contributed by atoms with Crippen LogP contribution < -0.4 is 10.1 Å². The molecule has 1 heterocycles. The number of hydrogen-bond donors (Lipinski definition) is 1. The number of nitrogens with one attached hydrogen (secondary N) is 1. The molecule has 25 heavy (non-hydrogen) atoms. The van der Waals surface area contributed by atoms with Crippen LogP contribution in [0.4, 0.5) is 0 Å². The van der Waals surface area contributed by atoms with Gasteiger partial charge < -0.3 is 14.8 Å². The van der Waals surface area contributed by atoms with Crippen LogP contribution in [0.1, 0.15) is 34.8 Å². The Morgan fingerprint density at radius 2 is 1.84 bits per heavy atom. The van der Waals surface area contributed by atoms with Crippen LogP contribution in [-0.4, -0.2) is 25.7 Å². The van der Waals surface area contributed by atoms with Crippen molar-refractivity contribution < 1.29 is 14.3 Å². The predicted molar refractivity (Wildman–Crippen MR) is 97.9 cm³/mol. The average Bonchev–Trinajstić information content (AvgIpc) is 2.62. The van der Waals surface area contributed by atoms with Crippen LogP contribution in [0.2, 0.25) is 0 Å². The van der Waals surface area contributed by atoms with Crippen LogP contribution in [-0.2, 0) is 17.8 Å². The Balaban J connectivity index is 1.60. The summed E-state index contributed by atoms with van der Waals surface area (Å²) in [6.07, 6.45) is 1.92. The molecule has 2 aromatic rings.